The highest BCUT2D eigenvalue weighted by Crippen LogP contribution is 2.35. The van der Waals surface area contributed by atoms with E-state index in [1.165, 1.54) is 0 Å². The number of nitrogens with zero attached hydrogens (tertiary/aromatic N) is 1. The van der Waals surface area contributed by atoms with Gasteiger partial charge in [-0.2, -0.15) is 0 Å². The number of hydrogen-bond acceptors (Lipinski definition) is 3. The minimum Gasteiger partial charge on any atom is -0.497 e. The fourth-order valence-electron chi connectivity index (χ4n) is 3.16. The number of rotatable bonds is 2. The van der Waals surface area contributed by atoms with Crippen molar-refractivity contribution in [3.05, 3.63) is 23.8 Å². The molecule has 1 fully saturated rings. The molecule has 4 heteroatoms. The van der Waals surface area contributed by atoms with E-state index in [1.807, 2.05) is 23.1 Å². The average Bonchev–Trinajstić information content (AvgIpc) is 3.03. The second kappa shape index (κ2) is 4.85. The number of aliphatic hydroxyl groups is 1. The van der Waals surface area contributed by atoms with Gasteiger partial charge in [-0.25, -0.2) is 0 Å². The smallest absolute Gasteiger partial charge is 0.232 e. The summed E-state index contributed by atoms with van der Waals surface area (Å²) >= 11 is 0. The Morgan fingerprint density at radius 2 is 2.26 bits per heavy atom. The second-order valence-electron chi connectivity index (χ2n) is 5.34. The summed E-state index contributed by atoms with van der Waals surface area (Å²) in [6.45, 7) is 0.713. The summed E-state index contributed by atoms with van der Waals surface area (Å²) in [6.07, 6.45) is 2.90. The van der Waals surface area contributed by atoms with Crippen LogP contribution in [0.2, 0.25) is 0 Å². The molecule has 102 valence electrons. The third kappa shape index (κ3) is 2.10. The fraction of sp³-hybridized carbons (Fsp3) is 0.533. The largest absolute Gasteiger partial charge is 0.497 e. The Balaban J connectivity index is 1.84. The van der Waals surface area contributed by atoms with E-state index in [4.69, 9.17) is 4.74 Å². The zero-order valence-electron chi connectivity index (χ0n) is 11.1. The highest BCUT2D eigenvalue weighted by atomic mass is 16.5. The number of carbonyl (C=O) groups excluding carboxylic acids is 1. The molecule has 1 N–H and O–H groups in total. The number of amides is 1. The van der Waals surface area contributed by atoms with Gasteiger partial charge in [0.05, 0.1) is 19.1 Å². The Morgan fingerprint density at radius 3 is 2.95 bits per heavy atom. The van der Waals surface area contributed by atoms with Crippen molar-refractivity contribution in [2.45, 2.75) is 31.8 Å². The zero-order valence-corrected chi connectivity index (χ0v) is 11.1. The fourth-order valence-corrected chi connectivity index (χ4v) is 3.16. The lowest BCUT2D eigenvalue weighted by molar-refractivity contribution is -0.124. The molecule has 1 amide bonds. The zero-order chi connectivity index (χ0) is 13.4. The van der Waals surface area contributed by atoms with Gasteiger partial charge in [-0.15, -0.1) is 0 Å². The molecule has 1 aliphatic carbocycles. The van der Waals surface area contributed by atoms with Crippen LogP contribution in [-0.4, -0.2) is 30.8 Å². The third-order valence-corrected chi connectivity index (χ3v) is 4.24. The first kappa shape index (κ1) is 12.5. The second-order valence-corrected chi connectivity index (χ2v) is 5.34. The molecule has 2 atom stereocenters. The van der Waals surface area contributed by atoms with Crippen molar-refractivity contribution in [2.24, 2.45) is 5.92 Å². The van der Waals surface area contributed by atoms with Crippen LogP contribution in [0.1, 0.15) is 24.8 Å². The number of aliphatic hydroxyl groups excluding tert-OH is 1. The maximum Gasteiger partial charge on any atom is 0.232 e. The molecular weight excluding hydrogens is 242 g/mol. The molecule has 3 rings (SSSR count). The molecule has 1 heterocycles. The molecule has 0 radical (unpaired) electrons. The standard InChI is InChI=1S/C15H19NO3/c1-19-11-5-6-13-10(9-11)7-8-16(13)15(18)12-3-2-4-14(12)17/h5-6,9,12,14,17H,2-4,7-8H2,1H3. The number of hydrogen-bond donors (Lipinski definition) is 1. The number of ether oxygens (including phenoxy) is 1. The minimum absolute atomic E-state index is 0.0777. The van der Waals surface area contributed by atoms with Crippen LogP contribution < -0.4 is 9.64 Å². The Kier molecular flexibility index (Phi) is 3.19. The minimum atomic E-state index is -0.463. The number of carbonyl (C=O) groups is 1. The lowest BCUT2D eigenvalue weighted by Gasteiger charge is -2.23. The van der Waals surface area contributed by atoms with Crippen molar-refractivity contribution < 1.29 is 14.6 Å². The van der Waals surface area contributed by atoms with E-state index in [2.05, 4.69) is 0 Å². The third-order valence-electron chi connectivity index (χ3n) is 4.24. The molecule has 19 heavy (non-hydrogen) atoms. The molecule has 0 aromatic heterocycles. The average molecular weight is 261 g/mol. The summed E-state index contributed by atoms with van der Waals surface area (Å²) < 4.78 is 5.21. The predicted molar refractivity (Wildman–Crippen MR) is 72.4 cm³/mol. The summed E-state index contributed by atoms with van der Waals surface area (Å²) in [5.74, 6) is 0.691. The molecule has 4 nitrogen and oxygen atoms in total. The van der Waals surface area contributed by atoms with Crippen molar-refractivity contribution in [3.63, 3.8) is 0 Å². The Morgan fingerprint density at radius 1 is 1.42 bits per heavy atom. The molecule has 0 saturated heterocycles. The monoisotopic (exact) mass is 261 g/mol. The van der Waals surface area contributed by atoms with Crippen molar-refractivity contribution in [3.8, 4) is 5.75 Å². The van der Waals surface area contributed by atoms with Crippen LogP contribution in [0.4, 0.5) is 5.69 Å². The maximum atomic E-state index is 12.5. The Labute approximate surface area is 113 Å². The van der Waals surface area contributed by atoms with Gasteiger partial charge < -0.3 is 14.7 Å². The first-order valence-corrected chi connectivity index (χ1v) is 6.87. The van der Waals surface area contributed by atoms with Crippen molar-refractivity contribution in [2.75, 3.05) is 18.6 Å². The Bertz CT molecular complexity index is 500. The maximum absolute atomic E-state index is 12.5. The molecule has 1 aromatic rings. The van der Waals surface area contributed by atoms with E-state index >= 15 is 0 Å². The van der Waals surface area contributed by atoms with Gasteiger partial charge in [-0.3, -0.25) is 4.79 Å². The molecular formula is C15H19NO3. The van der Waals surface area contributed by atoms with Gasteiger partial charge in [-0.1, -0.05) is 0 Å². The van der Waals surface area contributed by atoms with E-state index in [0.717, 1.165) is 42.7 Å². The topological polar surface area (TPSA) is 49.8 Å². The van der Waals surface area contributed by atoms with Crippen molar-refractivity contribution in [1.82, 2.24) is 0 Å². The summed E-state index contributed by atoms with van der Waals surface area (Å²) in [5.41, 5.74) is 2.13. The summed E-state index contributed by atoms with van der Waals surface area (Å²) in [6, 6.07) is 5.82. The van der Waals surface area contributed by atoms with Crippen LogP contribution in [0.15, 0.2) is 18.2 Å². The first-order chi connectivity index (χ1) is 9.20. The van der Waals surface area contributed by atoms with Gasteiger partial charge in [0, 0.05) is 12.2 Å². The highest BCUT2D eigenvalue weighted by molar-refractivity contribution is 5.97. The molecule has 1 saturated carbocycles. The molecule has 1 aliphatic heterocycles. The van der Waals surface area contributed by atoms with E-state index in [9.17, 15) is 9.90 Å². The van der Waals surface area contributed by atoms with Crippen molar-refractivity contribution >= 4 is 11.6 Å². The lowest BCUT2D eigenvalue weighted by atomic mass is 10.0. The Hall–Kier alpha value is -1.55. The highest BCUT2D eigenvalue weighted by Gasteiger charge is 2.36. The normalized spacial score (nSPS) is 25.5. The van der Waals surface area contributed by atoms with E-state index < -0.39 is 6.10 Å². The van der Waals surface area contributed by atoms with Gasteiger partial charge in [0.25, 0.3) is 0 Å². The first-order valence-electron chi connectivity index (χ1n) is 6.87. The van der Waals surface area contributed by atoms with Crippen LogP contribution >= 0.6 is 0 Å². The van der Waals surface area contributed by atoms with E-state index in [1.54, 1.807) is 7.11 Å². The number of anilines is 1. The summed E-state index contributed by atoms with van der Waals surface area (Å²) in [5, 5.41) is 9.88. The molecule has 1 aromatic carbocycles. The predicted octanol–water partition coefficient (Wildman–Crippen LogP) is 1.75. The van der Waals surface area contributed by atoms with E-state index in [0.29, 0.717) is 6.54 Å². The van der Waals surface area contributed by atoms with Gasteiger partial charge >= 0.3 is 0 Å². The molecule has 2 unspecified atom stereocenters. The quantitative estimate of drug-likeness (QED) is 0.882. The number of fused-ring (bicyclic) bond motifs is 1. The van der Waals surface area contributed by atoms with Crippen LogP contribution in [0, 0.1) is 5.92 Å². The van der Waals surface area contributed by atoms with Crippen molar-refractivity contribution in [1.29, 1.82) is 0 Å². The van der Waals surface area contributed by atoms with Gasteiger partial charge in [0.15, 0.2) is 0 Å². The number of methoxy groups -OCH3 is 1. The van der Waals surface area contributed by atoms with Gasteiger partial charge in [-0.05, 0) is 49.4 Å². The summed E-state index contributed by atoms with van der Waals surface area (Å²) in [4.78, 5) is 14.3. The van der Waals surface area contributed by atoms with Crippen LogP contribution in [-0.2, 0) is 11.2 Å². The summed E-state index contributed by atoms with van der Waals surface area (Å²) in [7, 11) is 1.65. The van der Waals surface area contributed by atoms with Crippen LogP contribution in [0.5, 0.6) is 5.75 Å². The lowest BCUT2D eigenvalue weighted by Crippen LogP contribution is -2.38. The van der Waals surface area contributed by atoms with Gasteiger partial charge in [0.2, 0.25) is 5.91 Å². The number of benzene rings is 1. The van der Waals surface area contributed by atoms with Crippen LogP contribution in [0.3, 0.4) is 0 Å². The SMILES string of the molecule is COc1ccc2c(c1)CCN2C(=O)C1CCCC1O. The molecule has 0 bridgehead atoms. The van der Waals surface area contributed by atoms with Gasteiger partial charge in [0.1, 0.15) is 5.75 Å². The van der Waals surface area contributed by atoms with Crippen LogP contribution in [0.25, 0.3) is 0 Å². The molecule has 2 aliphatic rings. The molecule has 0 spiro atoms. The van der Waals surface area contributed by atoms with E-state index in [-0.39, 0.29) is 11.8 Å².